The number of carbonyl (C=O) groups excluding carboxylic acids is 1. The van der Waals surface area contributed by atoms with Gasteiger partial charge in [-0.15, -0.1) is 0 Å². The number of rotatable bonds is 6. The minimum absolute atomic E-state index is 0.0853. The Morgan fingerprint density at radius 1 is 1.32 bits per heavy atom. The molecule has 2 aromatic heterocycles. The third-order valence-electron chi connectivity index (χ3n) is 5.12. The number of nitrogens with one attached hydrogen (secondary N) is 1. The smallest absolute Gasteiger partial charge is 0.257 e. The van der Waals surface area contributed by atoms with Crippen LogP contribution in [0.4, 0.5) is 0 Å². The van der Waals surface area contributed by atoms with Crippen molar-refractivity contribution in [2.24, 2.45) is 0 Å². The van der Waals surface area contributed by atoms with Crippen LogP contribution in [-0.4, -0.2) is 57.3 Å². The van der Waals surface area contributed by atoms with E-state index >= 15 is 0 Å². The highest BCUT2D eigenvalue weighted by Gasteiger charge is 2.28. The SMILES string of the molecule is Cc1ncc(C(=O)N2CCO[C@@H](c3cc(CCOc4ccc(Cl)cc4)[nH]n3)C2)c(C)n1. The van der Waals surface area contributed by atoms with Crippen molar-refractivity contribution in [3.8, 4) is 5.75 Å². The molecular weight excluding hydrogens is 418 g/mol. The summed E-state index contributed by atoms with van der Waals surface area (Å²) in [6, 6.07) is 9.22. The number of amides is 1. The molecule has 1 aliphatic rings. The molecule has 1 fully saturated rings. The van der Waals surface area contributed by atoms with Gasteiger partial charge in [0.25, 0.3) is 5.91 Å². The van der Waals surface area contributed by atoms with E-state index in [0.717, 1.165) is 17.1 Å². The van der Waals surface area contributed by atoms with Crippen molar-refractivity contribution >= 4 is 17.5 Å². The molecule has 1 saturated heterocycles. The molecule has 1 aromatic carbocycles. The summed E-state index contributed by atoms with van der Waals surface area (Å²) in [5.74, 6) is 1.33. The van der Waals surface area contributed by atoms with Crippen LogP contribution in [-0.2, 0) is 11.2 Å². The summed E-state index contributed by atoms with van der Waals surface area (Å²) in [4.78, 5) is 23.2. The average Bonchev–Trinajstić information content (AvgIpc) is 3.24. The minimum atomic E-state index is -0.286. The number of ether oxygens (including phenoxy) is 2. The Labute approximate surface area is 185 Å². The van der Waals surface area contributed by atoms with E-state index in [1.807, 2.05) is 32.0 Å². The van der Waals surface area contributed by atoms with E-state index in [2.05, 4.69) is 20.2 Å². The lowest BCUT2D eigenvalue weighted by atomic mass is 10.1. The Kier molecular flexibility index (Phi) is 6.48. The average molecular weight is 442 g/mol. The number of H-pyrrole nitrogens is 1. The first-order chi connectivity index (χ1) is 15.0. The number of morpholine rings is 1. The molecule has 3 heterocycles. The standard InChI is InChI=1S/C22H24ClN5O3/c1-14-19(12-24-15(2)25-14)22(29)28-8-10-31-21(13-28)20-11-17(26-27-20)7-9-30-18-5-3-16(23)4-6-18/h3-6,11-12,21H,7-10,13H2,1-2H3,(H,26,27)/t21-/m1/s1. The fourth-order valence-corrected chi connectivity index (χ4v) is 3.58. The van der Waals surface area contributed by atoms with Gasteiger partial charge in [0.15, 0.2) is 0 Å². The van der Waals surface area contributed by atoms with Crippen molar-refractivity contribution in [1.82, 2.24) is 25.1 Å². The Balaban J connectivity index is 1.34. The van der Waals surface area contributed by atoms with Crippen molar-refractivity contribution in [2.75, 3.05) is 26.3 Å². The molecule has 1 amide bonds. The summed E-state index contributed by atoms with van der Waals surface area (Å²) in [6.45, 7) is 5.54. The predicted molar refractivity (Wildman–Crippen MR) is 115 cm³/mol. The second-order valence-electron chi connectivity index (χ2n) is 7.40. The van der Waals surface area contributed by atoms with E-state index in [-0.39, 0.29) is 12.0 Å². The molecule has 0 aliphatic carbocycles. The molecule has 162 valence electrons. The van der Waals surface area contributed by atoms with Crippen LogP contribution in [0.2, 0.25) is 5.02 Å². The topological polar surface area (TPSA) is 93.2 Å². The quantitative estimate of drug-likeness (QED) is 0.630. The molecular formula is C22H24ClN5O3. The molecule has 0 radical (unpaired) electrons. The third-order valence-corrected chi connectivity index (χ3v) is 5.37. The summed E-state index contributed by atoms with van der Waals surface area (Å²) in [6.07, 6.45) is 1.98. The monoisotopic (exact) mass is 441 g/mol. The fourth-order valence-electron chi connectivity index (χ4n) is 3.46. The van der Waals surface area contributed by atoms with Crippen LogP contribution >= 0.6 is 11.6 Å². The van der Waals surface area contributed by atoms with Gasteiger partial charge in [0.05, 0.1) is 36.7 Å². The molecule has 1 aliphatic heterocycles. The molecule has 1 N–H and O–H groups in total. The molecule has 8 nitrogen and oxygen atoms in total. The molecule has 0 bridgehead atoms. The van der Waals surface area contributed by atoms with Crippen LogP contribution in [0.25, 0.3) is 0 Å². The fraction of sp³-hybridized carbons (Fsp3) is 0.364. The predicted octanol–water partition coefficient (Wildman–Crippen LogP) is 3.31. The number of halogens is 1. The maximum Gasteiger partial charge on any atom is 0.257 e. The molecule has 31 heavy (non-hydrogen) atoms. The van der Waals surface area contributed by atoms with E-state index in [4.69, 9.17) is 21.1 Å². The lowest BCUT2D eigenvalue weighted by Gasteiger charge is -2.32. The van der Waals surface area contributed by atoms with E-state index < -0.39 is 0 Å². The van der Waals surface area contributed by atoms with Crippen LogP contribution in [0.3, 0.4) is 0 Å². The van der Waals surface area contributed by atoms with Crippen LogP contribution in [0, 0.1) is 13.8 Å². The summed E-state index contributed by atoms with van der Waals surface area (Å²) >= 11 is 5.89. The highest BCUT2D eigenvalue weighted by molar-refractivity contribution is 6.30. The van der Waals surface area contributed by atoms with Gasteiger partial charge in [0, 0.05) is 29.9 Å². The van der Waals surface area contributed by atoms with E-state index in [1.54, 1.807) is 23.2 Å². The molecule has 1 atom stereocenters. The zero-order valence-corrected chi connectivity index (χ0v) is 18.2. The Hall–Kier alpha value is -2.97. The van der Waals surface area contributed by atoms with Crippen molar-refractivity contribution in [2.45, 2.75) is 26.4 Å². The van der Waals surface area contributed by atoms with Gasteiger partial charge in [-0.1, -0.05) is 11.6 Å². The zero-order chi connectivity index (χ0) is 21.8. The first kappa shape index (κ1) is 21.3. The maximum atomic E-state index is 12.9. The first-order valence-corrected chi connectivity index (χ1v) is 10.5. The second-order valence-corrected chi connectivity index (χ2v) is 7.83. The summed E-state index contributed by atoms with van der Waals surface area (Å²) in [5, 5.41) is 8.10. The number of hydrogen-bond acceptors (Lipinski definition) is 6. The summed E-state index contributed by atoms with van der Waals surface area (Å²) < 4.78 is 11.6. The van der Waals surface area contributed by atoms with Crippen molar-refractivity contribution in [3.63, 3.8) is 0 Å². The van der Waals surface area contributed by atoms with E-state index in [0.29, 0.717) is 54.8 Å². The molecule has 0 unspecified atom stereocenters. The molecule has 9 heteroatoms. The van der Waals surface area contributed by atoms with Crippen LogP contribution < -0.4 is 4.74 Å². The van der Waals surface area contributed by atoms with Crippen LogP contribution in [0.5, 0.6) is 5.75 Å². The number of aromatic nitrogens is 4. The van der Waals surface area contributed by atoms with Gasteiger partial charge in [-0.3, -0.25) is 9.89 Å². The first-order valence-electron chi connectivity index (χ1n) is 10.1. The van der Waals surface area contributed by atoms with Crippen molar-refractivity contribution < 1.29 is 14.3 Å². The molecule has 3 aromatic rings. The zero-order valence-electron chi connectivity index (χ0n) is 17.5. The number of benzene rings is 1. The van der Waals surface area contributed by atoms with Gasteiger partial charge in [0.1, 0.15) is 17.7 Å². The lowest BCUT2D eigenvalue weighted by Crippen LogP contribution is -2.42. The molecule has 0 saturated carbocycles. The number of hydrogen-bond donors (Lipinski definition) is 1. The Morgan fingerprint density at radius 2 is 2.13 bits per heavy atom. The van der Waals surface area contributed by atoms with E-state index in [9.17, 15) is 4.79 Å². The highest BCUT2D eigenvalue weighted by atomic mass is 35.5. The number of nitrogens with zero attached hydrogens (tertiary/aromatic N) is 4. The Morgan fingerprint density at radius 3 is 2.90 bits per heavy atom. The summed E-state index contributed by atoms with van der Waals surface area (Å²) in [7, 11) is 0. The van der Waals surface area contributed by atoms with Gasteiger partial charge < -0.3 is 14.4 Å². The summed E-state index contributed by atoms with van der Waals surface area (Å²) in [5.41, 5.74) is 2.92. The van der Waals surface area contributed by atoms with Gasteiger partial charge in [-0.05, 0) is 44.2 Å². The molecule has 0 spiro atoms. The van der Waals surface area contributed by atoms with Gasteiger partial charge in [0.2, 0.25) is 0 Å². The number of aryl methyl sites for hydroxylation is 2. The molecule has 4 rings (SSSR count). The van der Waals surface area contributed by atoms with E-state index in [1.165, 1.54) is 0 Å². The minimum Gasteiger partial charge on any atom is -0.493 e. The van der Waals surface area contributed by atoms with Crippen LogP contribution in [0.1, 0.15) is 39.4 Å². The Bertz CT molecular complexity index is 1050. The lowest BCUT2D eigenvalue weighted by molar-refractivity contribution is -0.0248. The number of carbonyl (C=O) groups is 1. The van der Waals surface area contributed by atoms with Crippen molar-refractivity contribution in [3.05, 3.63) is 70.0 Å². The number of aromatic amines is 1. The largest absolute Gasteiger partial charge is 0.493 e. The second kappa shape index (κ2) is 9.45. The van der Waals surface area contributed by atoms with Gasteiger partial charge in [-0.25, -0.2) is 9.97 Å². The van der Waals surface area contributed by atoms with Gasteiger partial charge >= 0.3 is 0 Å². The van der Waals surface area contributed by atoms with Gasteiger partial charge in [-0.2, -0.15) is 5.10 Å². The van der Waals surface area contributed by atoms with Crippen LogP contribution in [0.15, 0.2) is 36.5 Å². The third kappa shape index (κ3) is 5.21. The highest BCUT2D eigenvalue weighted by Crippen LogP contribution is 2.23. The van der Waals surface area contributed by atoms with Crippen molar-refractivity contribution in [1.29, 1.82) is 0 Å². The normalized spacial score (nSPS) is 16.4. The maximum absolute atomic E-state index is 12.9.